The minimum atomic E-state index is 1.21. The molecular weight excluding hydrogens is 170 g/mol. The first-order valence-electron chi connectivity index (χ1n) is 4.69. The number of hydrogen-bond donors (Lipinski definition) is 0. The second-order valence-corrected chi connectivity index (χ2v) is 2.88. The van der Waals surface area contributed by atoms with E-state index in [2.05, 4.69) is 29.3 Å². The molecule has 1 aromatic carbocycles. The predicted molar refractivity (Wildman–Crippen MR) is 63.6 cm³/mol. The maximum atomic E-state index is 3.90. The lowest BCUT2D eigenvalue weighted by Crippen LogP contribution is -1.79. The van der Waals surface area contributed by atoms with Gasteiger partial charge in [-0.3, -0.25) is 4.99 Å². The Labute approximate surface area is 85.5 Å². The molecule has 1 heteroatoms. The number of nitrogens with zero attached hydrogens (tertiary/aromatic N) is 1. The molecule has 0 atom stereocenters. The minimum Gasteiger partial charge on any atom is -0.297 e. The normalized spacial score (nSPS) is 12.9. The van der Waals surface area contributed by atoms with Gasteiger partial charge in [0.2, 0.25) is 0 Å². The van der Waals surface area contributed by atoms with Crippen LogP contribution >= 0.6 is 0 Å². The molecule has 1 aromatic rings. The summed E-state index contributed by atoms with van der Waals surface area (Å²) in [5.74, 6) is 0. The Morgan fingerprint density at radius 3 is 2.50 bits per heavy atom. The molecule has 0 spiro atoms. The summed E-state index contributed by atoms with van der Waals surface area (Å²) in [5, 5.41) is 0. The van der Waals surface area contributed by atoms with E-state index in [4.69, 9.17) is 0 Å². The van der Waals surface area contributed by atoms with Gasteiger partial charge in [0, 0.05) is 13.3 Å². The van der Waals surface area contributed by atoms with Crippen LogP contribution in [0.25, 0.3) is 5.57 Å². The molecule has 0 fully saturated rings. The first kappa shape index (κ1) is 10.5. The Balaban J connectivity index is 2.85. The van der Waals surface area contributed by atoms with E-state index in [-0.39, 0.29) is 0 Å². The summed E-state index contributed by atoms with van der Waals surface area (Å²) in [7, 11) is 1.77. The van der Waals surface area contributed by atoms with E-state index in [9.17, 15) is 0 Å². The highest BCUT2D eigenvalue weighted by Gasteiger charge is 1.92. The van der Waals surface area contributed by atoms with Gasteiger partial charge in [-0.2, -0.15) is 0 Å². The van der Waals surface area contributed by atoms with Crippen molar-refractivity contribution < 1.29 is 0 Å². The van der Waals surface area contributed by atoms with Gasteiger partial charge in [-0.1, -0.05) is 42.5 Å². The monoisotopic (exact) mass is 185 g/mol. The van der Waals surface area contributed by atoms with Crippen LogP contribution in [0.2, 0.25) is 0 Å². The van der Waals surface area contributed by atoms with Crippen molar-refractivity contribution in [2.24, 2.45) is 4.99 Å². The topological polar surface area (TPSA) is 12.4 Å². The smallest absolute Gasteiger partial charge is 0.0277 e. The van der Waals surface area contributed by atoms with Crippen molar-refractivity contribution in [3.8, 4) is 0 Å². The molecular formula is C13H15N. The molecule has 0 saturated heterocycles. The second kappa shape index (κ2) is 5.92. The van der Waals surface area contributed by atoms with Crippen LogP contribution < -0.4 is 0 Å². The molecule has 0 N–H and O–H groups in total. The van der Waals surface area contributed by atoms with Crippen LogP contribution in [0.5, 0.6) is 0 Å². The van der Waals surface area contributed by atoms with Crippen molar-refractivity contribution >= 4 is 11.8 Å². The molecule has 0 unspecified atom stereocenters. The molecule has 0 heterocycles. The molecule has 1 rings (SSSR count). The van der Waals surface area contributed by atoms with Crippen molar-refractivity contribution in [1.29, 1.82) is 0 Å². The highest BCUT2D eigenvalue weighted by molar-refractivity contribution is 5.80. The van der Waals surface area contributed by atoms with Gasteiger partial charge in [0.15, 0.2) is 0 Å². The van der Waals surface area contributed by atoms with Crippen LogP contribution in [0.15, 0.2) is 53.6 Å². The van der Waals surface area contributed by atoms with Gasteiger partial charge in [-0.05, 0) is 24.1 Å². The molecule has 0 saturated carbocycles. The largest absolute Gasteiger partial charge is 0.297 e. The summed E-state index contributed by atoms with van der Waals surface area (Å²) in [4.78, 5) is 3.90. The summed E-state index contributed by atoms with van der Waals surface area (Å²) in [5.41, 5.74) is 2.45. The van der Waals surface area contributed by atoms with Crippen molar-refractivity contribution in [3.63, 3.8) is 0 Å². The number of rotatable bonds is 3. The average molecular weight is 185 g/mol. The van der Waals surface area contributed by atoms with Gasteiger partial charge >= 0.3 is 0 Å². The van der Waals surface area contributed by atoms with E-state index >= 15 is 0 Å². The van der Waals surface area contributed by atoms with Crippen molar-refractivity contribution in [2.75, 3.05) is 7.05 Å². The molecule has 0 bridgehead atoms. The SMILES string of the molecule is CC=C(/C=C\C=NC)c1ccccc1. The maximum Gasteiger partial charge on any atom is 0.0277 e. The van der Waals surface area contributed by atoms with E-state index in [0.29, 0.717) is 0 Å². The van der Waals surface area contributed by atoms with Crippen LogP contribution in [0, 0.1) is 0 Å². The summed E-state index contributed by atoms with van der Waals surface area (Å²) < 4.78 is 0. The van der Waals surface area contributed by atoms with Crippen LogP contribution in [-0.2, 0) is 0 Å². The van der Waals surface area contributed by atoms with E-state index in [1.165, 1.54) is 11.1 Å². The van der Waals surface area contributed by atoms with Crippen molar-refractivity contribution in [2.45, 2.75) is 6.92 Å². The Morgan fingerprint density at radius 2 is 1.93 bits per heavy atom. The fourth-order valence-corrected chi connectivity index (χ4v) is 1.22. The van der Waals surface area contributed by atoms with Gasteiger partial charge in [0.05, 0.1) is 0 Å². The summed E-state index contributed by atoms with van der Waals surface area (Å²) in [6, 6.07) is 10.3. The standard InChI is InChI=1S/C13H15N/c1-3-12(10-7-11-14-2)13-8-5-4-6-9-13/h3-11H,1-2H3/b10-7-,12-3?,14-11?. The average Bonchev–Trinajstić information content (AvgIpc) is 2.26. The molecule has 0 radical (unpaired) electrons. The molecule has 1 nitrogen and oxygen atoms in total. The van der Waals surface area contributed by atoms with Gasteiger partial charge in [-0.25, -0.2) is 0 Å². The zero-order valence-electron chi connectivity index (χ0n) is 8.64. The van der Waals surface area contributed by atoms with Crippen molar-refractivity contribution in [3.05, 3.63) is 54.1 Å². The highest BCUT2D eigenvalue weighted by Crippen LogP contribution is 2.14. The first-order chi connectivity index (χ1) is 6.88. The summed E-state index contributed by atoms with van der Waals surface area (Å²) in [6.45, 7) is 2.04. The fourth-order valence-electron chi connectivity index (χ4n) is 1.22. The van der Waals surface area contributed by atoms with Crippen LogP contribution in [-0.4, -0.2) is 13.3 Å². The number of aliphatic imine (C=N–C) groups is 1. The summed E-state index contributed by atoms with van der Waals surface area (Å²) in [6.07, 6.45) is 7.88. The number of allylic oxidation sites excluding steroid dienone is 4. The lowest BCUT2D eigenvalue weighted by Gasteiger charge is -1.99. The highest BCUT2D eigenvalue weighted by atomic mass is 14.6. The molecule has 0 aromatic heterocycles. The zero-order valence-corrected chi connectivity index (χ0v) is 8.64. The Hall–Kier alpha value is -1.63. The Kier molecular flexibility index (Phi) is 4.42. The first-order valence-corrected chi connectivity index (χ1v) is 4.69. The molecule has 0 amide bonds. The Bertz CT molecular complexity index is 345. The third kappa shape index (κ3) is 3.02. The fraction of sp³-hybridized carbons (Fsp3) is 0.154. The molecule has 72 valence electrons. The molecule has 0 aliphatic carbocycles. The van der Waals surface area contributed by atoms with Gasteiger partial charge < -0.3 is 0 Å². The van der Waals surface area contributed by atoms with E-state index in [0.717, 1.165) is 0 Å². The van der Waals surface area contributed by atoms with Crippen molar-refractivity contribution in [1.82, 2.24) is 0 Å². The number of benzene rings is 1. The minimum absolute atomic E-state index is 1.21. The van der Waals surface area contributed by atoms with Crippen LogP contribution in [0.1, 0.15) is 12.5 Å². The lowest BCUT2D eigenvalue weighted by molar-refractivity contribution is 1.48. The molecule has 14 heavy (non-hydrogen) atoms. The van der Waals surface area contributed by atoms with Crippen LogP contribution in [0.4, 0.5) is 0 Å². The molecule has 0 aliphatic rings. The third-order valence-electron chi connectivity index (χ3n) is 1.93. The zero-order chi connectivity index (χ0) is 10.2. The quantitative estimate of drug-likeness (QED) is 0.506. The van der Waals surface area contributed by atoms with Gasteiger partial charge in [-0.15, -0.1) is 0 Å². The second-order valence-electron chi connectivity index (χ2n) is 2.88. The van der Waals surface area contributed by atoms with E-state index in [1.54, 1.807) is 13.3 Å². The number of hydrogen-bond acceptors (Lipinski definition) is 1. The summed E-state index contributed by atoms with van der Waals surface area (Å²) >= 11 is 0. The Morgan fingerprint density at radius 1 is 1.21 bits per heavy atom. The maximum absolute atomic E-state index is 3.90. The van der Waals surface area contributed by atoms with Crippen LogP contribution in [0.3, 0.4) is 0 Å². The van der Waals surface area contributed by atoms with Gasteiger partial charge in [0.1, 0.15) is 0 Å². The predicted octanol–water partition coefficient (Wildman–Crippen LogP) is 3.35. The van der Waals surface area contributed by atoms with Gasteiger partial charge in [0.25, 0.3) is 0 Å². The third-order valence-corrected chi connectivity index (χ3v) is 1.93. The lowest BCUT2D eigenvalue weighted by atomic mass is 10.1. The van der Waals surface area contributed by atoms with E-state index < -0.39 is 0 Å². The van der Waals surface area contributed by atoms with E-state index in [1.807, 2.05) is 31.2 Å². The molecule has 0 aliphatic heterocycles.